The number of fused-ring (bicyclic) bond motifs is 1. The molecule has 0 bridgehead atoms. The van der Waals surface area contributed by atoms with E-state index >= 15 is 0 Å². The number of rotatable bonds is 6. The van der Waals surface area contributed by atoms with E-state index in [4.69, 9.17) is 4.74 Å². The first-order valence-corrected chi connectivity index (χ1v) is 12.9. The maximum Gasteiger partial charge on any atom is 0.263 e. The summed E-state index contributed by atoms with van der Waals surface area (Å²) in [6.45, 7) is 2.78. The van der Waals surface area contributed by atoms with Crippen LogP contribution >= 0.6 is 0 Å². The molecule has 2 aromatic rings. The molecule has 176 valence electrons. The Morgan fingerprint density at radius 2 is 1.70 bits per heavy atom. The van der Waals surface area contributed by atoms with Crippen LogP contribution in [0.15, 0.2) is 54.6 Å². The van der Waals surface area contributed by atoms with Crippen LogP contribution in [0.5, 0.6) is 5.75 Å². The number of carbonyl (C=O) groups is 2. The zero-order valence-electron chi connectivity index (χ0n) is 18.6. The molecule has 1 saturated heterocycles. The minimum atomic E-state index is -3.26. The highest BCUT2D eigenvalue weighted by atomic mass is 32.2. The lowest BCUT2D eigenvalue weighted by molar-refractivity contribution is -0.129. The molecule has 9 heteroatoms. The summed E-state index contributed by atoms with van der Waals surface area (Å²) in [5.41, 5.74) is 1.61. The Morgan fingerprint density at radius 3 is 2.39 bits per heavy atom. The molecular weight excluding hydrogens is 442 g/mol. The molecule has 2 heterocycles. The van der Waals surface area contributed by atoms with Gasteiger partial charge in [0.2, 0.25) is 15.9 Å². The van der Waals surface area contributed by atoms with Crippen LogP contribution in [0.2, 0.25) is 0 Å². The van der Waals surface area contributed by atoms with Gasteiger partial charge in [-0.05, 0) is 37.5 Å². The minimum absolute atomic E-state index is 0.0578. The lowest BCUT2D eigenvalue weighted by Crippen LogP contribution is -2.53. The first-order valence-electron chi connectivity index (χ1n) is 11.3. The third-order valence-corrected chi connectivity index (χ3v) is 8.08. The Balaban J connectivity index is 1.45. The van der Waals surface area contributed by atoms with Crippen molar-refractivity contribution < 1.29 is 22.7 Å². The van der Waals surface area contributed by atoms with Crippen molar-refractivity contribution in [3.63, 3.8) is 0 Å². The Labute approximate surface area is 194 Å². The molecule has 1 N–H and O–H groups in total. The molecule has 1 atom stereocenters. The van der Waals surface area contributed by atoms with E-state index in [1.54, 1.807) is 24.0 Å². The summed E-state index contributed by atoms with van der Waals surface area (Å²) in [6.07, 6.45) is 0.0957. The van der Waals surface area contributed by atoms with Crippen molar-refractivity contribution in [1.29, 1.82) is 0 Å². The molecule has 4 rings (SSSR count). The fourth-order valence-electron chi connectivity index (χ4n) is 4.26. The van der Waals surface area contributed by atoms with E-state index in [9.17, 15) is 18.0 Å². The summed E-state index contributed by atoms with van der Waals surface area (Å²) in [4.78, 5) is 27.9. The molecule has 0 saturated carbocycles. The fourth-order valence-corrected chi connectivity index (χ4v) is 5.39. The number of benzene rings is 2. The average molecular weight is 472 g/mol. The molecule has 2 aromatic carbocycles. The third-order valence-electron chi connectivity index (χ3n) is 6.20. The molecule has 0 unspecified atom stereocenters. The Hall–Kier alpha value is -2.91. The van der Waals surface area contributed by atoms with Gasteiger partial charge in [0.1, 0.15) is 5.75 Å². The second kappa shape index (κ2) is 9.93. The van der Waals surface area contributed by atoms with Crippen LogP contribution in [-0.4, -0.2) is 56.0 Å². The molecule has 2 aliphatic rings. The summed E-state index contributed by atoms with van der Waals surface area (Å²) in [5.74, 6) is -0.131. The topological polar surface area (TPSA) is 96.0 Å². The zero-order valence-corrected chi connectivity index (χ0v) is 19.5. The second-order valence-corrected chi connectivity index (χ2v) is 10.6. The number of para-hydroxylation sites is 2. The van der Waals surface area contributed by atoms with Crippen LogP contribution < -0.4 is 15.0 Å². The van der Waals surface area contributed by atoms with Gasteiger partial charge in [-0.25, -0.2) is 12.7 Å². The maximum atomic E-state index is 13.5. The second-order valence-electron chi connectivity index (χ2n) is 8.30. The largest absolute Gasteiger partial charge is 0.477 e. The number of amides is 2. The van der Waals surface area contributed by atoms with E-state index in [1.807, 2.05) is 42.5 Å². The Morgan fingerprint density at radius 1 is 1.03 bits per heavy atom. The fraction of sp³-hybridized carbons (Fsp3) is 0.417. The number of nitrogens with zero attached hydrogens (tertiary/aromatic N) is 2. The molecule has 2 amide bonds. The predicted octanol–water partition coefficient (Wildman–Crippen LogP) is 2.16. The highest BCUT2D eigenvalue weighted by Crippen LogP contribution is 2.35. The third kappa shape index (κ3) is 5.20. The Bertz CT molecular complexity index is 1100. The van der Waals surface area contributed by atoms with Gasteiger partial charge in [0.25, 0.3) is 5.91 Å². The monoisotopic (exact) mass is 471 g/mol. The van der Waals surface area contributed by atoms with E-state index in [2.05, 4.69) is 5.32 Å². The predicted molar refractivity (Wildman–Crippen MR) is 125 cm³/mol. The Kier molecular flexibility index (Phi) is 6.99. The van der Waals surface area contributed by atoms with Crippen molar-refractivity contribution in [2.45, 2.75) is 32.4 Å². The van der Waals surface area contributed by atoms with Crippen molar-refractivity contribution in [2.24, 2.45) is 5.92 Å². The molecule has 0 aliphatic carbocycles. The number of piperidine rings is 1. The van der Waals surface area contributed by atoms with Crippen molar-refractivity contribution in [3.05, 3.63) is 60.2 Å². The molecule has 2 aliphatic heterocycles. The van der Waals surface area contributed by atoms with Crippen LogP contribution in [0.1, 0.15) is 25.3 Å². The first kappa shape index (κ1) is 23.3. The normalized spacial score (nSPS) is 19.4. The van der Waals surface area contributed by atoms with E-state index in [0.29, 0.717) is 43.9 Å². The molecule has 33 heavy (non-hydrogen) atoms. The smallest absolute Gasteiger partial charge is 0.263 e. The van der Waals surface area contributed by atoms with Gasteiger partial charge in [-0.3, -0.25) is 9.59 Å². The molecular formula is C24H29N3O5S. The zero-order chi connectivity index (χ0) is 23.4. The van der Waals surface area contributed by atoms with Crippen molar-refractivity contribution >= 4 is 27.5 Å². The highest BCUT2D eigenvalue weighted by molar-refractivity contribution is 7.89. The number of hydrogen-bond acceptors (Lipinski definition) is 5. The van der Waals surface area contributed by atoms with E-state index < -0.39 is 16.1 Å². The van der Waals surface area contributed by atoms with Gasteiger partial charge in [-0.2, -0.15) is 0 Å². The molecule has 0 aromatic heterocycles. The molecule has 0 radical (unpaired) electrons. The highest BCUT2D eigenvalue weighted by Gasteiger charge is 2.38. The standard InChI is InChI=1S/C24H29N3O5S/c1-2-33(30,31)26-14-12-19(13-15-26)24(29)27-17-22(32-21-11-7-6-10-20(21)27)23(28)25-16-18-8-4-3-5-9-18/h3-11,19,22H,2,12-17H2,1H3,(H,25,28)/t22-/m1/s1. The molecule has 8 nitrogen and oxygen atoms in total. The van der Waals surface area contributed by atoms with Gasteiger partial charge in [0.05, 0.1) is 18.0 Å². The molecule has 0 spiro atoms. The lowest BCUT2D eigenvalue weighted by Gasteiger charge is -2.38. The number of nitrogens with one attached hydrogen (secondary N) is 1. The number of hydrogen-bond donors (Lipinski definition) is 1. The van der Waals surface area contributed by atoms with Crippen LogP contribution in [-0.2, 0) is 26.2 Å². The summed E-state index contributed by atoms with van der Waals surface area (Å²) < 4.78 is 31.7. The average Bonchev–Trinajstić information content (AvgIpc) is 2.86. The quantitative estimate of drug-likeness (QED) is 0.697. The van der Waals surface area contributed by atoms with Gasteiger partial charge >= 0.3 is 0 Å². The van der Waals surface area contributed by atoms with Gasteiger partial charge in [-0.1, -0.05) is 42.5 Å². The summed E-state index contributed by atoms with van der Waals surface area (Å²) in [5, 5.41) is 2.89. The van der Waals surface area contributed by atoms with Crippen molar-refractivity contribution in [3.8, 4) is 5.75 Å². The summed E-state index contributed by atoms with van der Waals surface area (Å²) >= 11 is 0. The number of ether oxygens (including phenoxy) is 1. The van der Waals surface area contributed by atoms with Crippen LogP contribution in [0.25, 0.3) is 0 Å². The lowest BCUT2D eigenvalue weighted by atomic mass is 9.95. The van der Waals surface area contributed by atoms with Crippen LogP contribution in [0.3, 0.4) is 0 Å². The SMILES string of the molecule is CCS(=O)(=O)N1CCC(C(=O)N2C[C@H](C(=O)NCc3ccccc3)Oc3ccccc32)CC1. The van der Waals surface area contributed by atoms with Gasteiger partial charge in [0.15, 0.2) is 6.10 Å². The van der Waals surface area contributed by atoms with Crippen molar-refractivity contribution in [2.75, 3.05) is 30.3 Å². The first-order chi connectivity index (χ1) is 15.9. The van der Waals surface area contributed by atoms with Gasteiger partial charge in [-0.15, -0.1) is 0 Å². The number of sulfonamides is 1. The summed E-state index contributed by atoms with van der Waals surface area (Å²) in [6, 6.07) is 16.8. The summed E-state index contributed by atoms with van der Waals surface area (Å²) in [7, 11) is -3.26. The van der Waals surface area contributed by atoms with E-state index in [0.717, 1.165) is 5.56 Å². The number of carbonyl (C=O) groups excluding carboxylic acids is 2. The van der Waals surface area contributed by atoms with Gasteiger partial charge in [0, 0.05) is 25.6 Å². The van der Waals surface area contributed by atoms with Crippen LogP contribution in [0, 0.1) is 5.92 Å². The van der Waals surface area contributed by atoms with E-state index in [-0.39, 0.29) is 30.0 Å². The number of anilines is 1. The molecule has 1 fully saturated rings. The minimum Gasteiger partial charge on any atom is -0.477 e. The van der Waals surface area contributed by atoms with Crippen LogP contribution in [0.4, 0.5) is 5.69 Å². The van der Waals surface area contributed by atoms with Gasteiger partial charge < -0.3 is 15.0 Å². The van der Waals surface area contributed by atoms with E-state index in [1.165, 1.54) is 4.31 Å². The maximum absolute atomic E-state index is 13.5. The van der Waals surface area contributed by atoms with Crippen molar-refractivity contribution in [1.82, 2.24) is 9.62 Å².